The average molecular weight is 274 g/mol. The van der Waals surface area contributed by atoms with Gasteiger partial charge in [-0.2, -0.15) is 0 Å². The summed E-state index contributed by atoms with van der Waals surface area (Å²) >= 11 is 0. The normalized spacial score (nSPS) is 20.1. The van der Waals surface area contributed by atoms with Crippen molar-refractivity contribution >= 4 is 11.0 Å². The number of benzene rings is 1. The second-order valence-corrected chi connectivity index (χ2v) is 5.66. The third kappa shape index (κ3) is 3.03. The van der Waals surface area contributed by atoms with Crippen molar-refractivity contribution in [2.45, 2.75) is 12.5 Å². The van der Waals surface area contributed by atoms with Crippen molar-refractivity contribution in [3.05, 3.63) is 36.1 Å². The lowest BCUT2D eigenvalue weighted by molar-refractivity contribution is 0.0978. The zero-order valence-corrected chi connectivity index (χ0v) is 12.0. The number of likely N-dealkylation sites (N-methyl/N-ethyl adjacent to an activating group) is 1. The first-order valence-electron chi connectivity index (χ1n) is 7.30. The number of nitrogens with zero attached hydrogens (tertiary/aromatic N) is 2. The van der Waals surface area contributed by atoms with E-state index in [0.717, 1.165) is 43.6 Å². The molecule has 1 atom stereocenters. The van der Waals surface area contributed by atoms with Crippen LogP contribution in [0.5, 0.6) is 0 Å². The van der Waals surface area contributed by atoms with Gasteiger partial charge in [0, 0.05) is 25.0 Å². The molecule has 1 aliphatic heterocycles. The lowest BCUT2D eigenvalue weighted by atomic mass is 10.2. The fraction of sp³-hybridized carbons (Fsp3) is 0.500. The molecular weight excluding hydrogens is 252 g/mol. The highest BCUT2D eigenvalue weighted by atomic mass is 16.4. The van der Waals surface area contributed by atoms with Crippen LogP contribution in [-0.4, -0.2) is 54.7 Å². The summed E-state index contributed by atoms with van der Waals surface area (Å²) in [6.45, 7) is 4.90. The highest BCUT2D eigenvalue weighted by Crippen LogP contribution is 2.24. The predicted molar refractivity (Wildman–Crippen MR) is 79.7 cm³/mol. The highest BCUT2D eigenvalue weighted by Gasteiger charge is 2.19. The molecule has 20 heavy (non-hydrogen) atoms. The van der Waals surface area contributed by atoms with Gasteiger partial charge in [0.15, 0.2) is 0 Å². The van der Waals surface area contributed by atoms with Crippen LogP contribution in [0, 0.1) is 0 Å². The van der Waals surface area contributed by atoms with E-state index in [1.54, 1.807) is 0 Å². The molecule has 1 N–H and O–H groups in total. The van der Waals surface area contributed by atoms with Crippen LogP contribution in [0.2, 0.25) is 0 Å². The summed E-state index contributed by atoms with van der Waals surface area (Å²) in [4.78, 5) is 4.66. The van der Waals surface area contributed by atoms with E-state index in [4.69, 9.17) is 4.42 Å². The van der Waals surface area contributed by atoms with Crippen LogP contribution in [0.1, 0.15) is 18.3 Å². The van der Waals surface area contributed by atoms with Gasteiger partial charge in [-0.05, 0) is 38.7 Å². The molecule has 0 aliphatic carbocycles. The topological polar surface area (TPSA) is 39.9 Å². The smallest absolute Gasteiger partial charge is 0.135 e. The molecule has 1 fully saturated rings. The molecule has 0 bridgehead atoms. The van der Waals surface area contributed by atoms with Gasteiger partial charge in [-0.1, -0.05) is 18.2 Å². The Kier molecular flexibility index (Phi) is 4.05. The van der Waals surface area contributed by atoms with E-state index in [0.29, 0.717) is 12.3 Å². The Hall–Kier alpha value is -1.36. The highest BCUT2D eigenvalue weighted by molar-refractivity contribution is 5.77. The van der Waals surface area contributed by atoms with Crippen molar-refractivity contribution in [3.8, 4) is 0 Å². The van der Waals surface area contributed by atoms with Crippen molar-refractivity contribution < 1.29 is 9.52 Å². The number of aliphatic hydroxyl groups is 1. The van der Waals surface area contributed by atoms with Gasteiger partial charge < -0.3 is 14.4 Å². The maximum atomic E-state index is 10.4. The molecule has 0 saturated carbocycles. The Balaban J connectivity index is 1.67. The number of furan rings is 1. The molecular formula is C16H22N2O2. The minimum absolute atomic E-state index is 0.550. The van der Waals surface area contributed by atoms with Gasteiger partial charge in [0.1, 0.15) is 17.4 Å². The van der Waals surface area contributed by atoms with Gasteiger partial charge in [-0.25, -0.2) is 0 Å². The van der Waals surface area contributed by atoms with Gasteiger partial charge in [0.2, 0.25) is 0 Å². The molecule has 4 nitrogen and oxygen atoms in total. The van der Waals surface area contributed by atoms with E-state index < -0.39 is 6.10 Å². The maximum absolute atomic E-state index is 10.4. The molecule has 108 valence electrons. The minimum Gasteiger partial charge on any atom is -0.458 e. The first-order chi connectivity index (χ1) is 9.72. The number of hydrogen-bond acceptors (Lipinski definition) is 4. The van der Waals surface area contributed by atoms with E-state index in [1.807, 2.05) is 30.3 Å². The molecule has 1 aromatic heterocycles. The van der Waals surface area contributed by atoms with Crippen LogP contribution in [0.4, 0.5) is 0 Å². The fourth-order valence-electron chi connectivity index (χ4n) is 2.78. The van der Waals surface area contributed by atoms with Gasteiger partial charge in [-0.15, -0.1) is 0 Å². The third-order valence-corrected chi connectivity index (χ3v) is 4.02. The standard InChI is InChI=1S/C16H22N2O2/c1-17-7-4-8-18(10-9-17)12-14(19)16-11-13-5-2-3-6-15(13)20-16/h2-3,5-6,11,14,19H,4,7-10,12H2,1H3. The van der Waals surface area contributed by atoms with Gasteiger partial charge in [0.25, 0.3) is 0 Å². The van der Waals surface area contributed by atoms with E-state index in [1.165, 1.54) is 0 Å². The van der Waals surface area contributed by atoms with Gasteiger partial charge in [0.05, 0.1) is 0 Å². The summed E-state index contributed by atoms with van der Waals surface area (Å²) in [5.41, 5.74) is 0.845. The number of β-amino-alcohol motifs (C(OH)–C–C–N with tert-alkyl or cyclic N) is 1. The second-order valence-electron chi connectivity index (χ2n) is 5.66. The van der Waals surface area contributed by atoms with Crippen molar-refractivity contribution in [3.63, 3.8) is 0 Å². The molecule has 4 heteroatoms. The van der Waals surface area contributed by atoms with Crippen LogP contribution in [-0.2, 0) is 0 Å². The summed E-state index contributed by atoms with van der Waals surface area (Å²) < 4.78 is 5.74. The summed E-state index contributed by atoms with van der Waals surface area (Å²) in [6, 6.07) is 9.83. The van der Waals surface area contributed by atoms with E-state index in [9.17, 15) is 5.11 Å². The fourth-order valence-corrected chi connectivity index (χ4v) is 2.78. The summed E-state index contributed by atoms with van der Waals surface area (Å²) in [5, 5.41) is 11.4. The zero-order valence-electron chi connectivity index (χ0n) is 12.0. The summed E-state index contributed by atoms with van der Waals surface area (Å²) in [6.07, 6.45) is 0.606. The number of hydrogen-bond donors (Lipinski definition) is 1. The number of para-hydroxylation sites is 1. The van der Waals surface area contributed by atoms with E-state index in [-0.39, 0.29) is 0 Å². The lowest BCUT2D eigenvalue weighted by Crippen LogP contribution is -2.32. The Labute approximate surface area is 119 Å². The first-order valence-corrected chi connectivity index (χ1v) is 7.30. The van der Waals surface area contributed by atoms with Crippen LogP contribution < -0.4 is 0 Å². The summed E-state index contributed by atoms with van der Waals surface area (Å²) in [5.74, 6) is 0.670. The first kappa shape index (κ1) is 13.6. The molecule has 1 aliphatic rings. The minimum atomic E-state index is -0.550. The van der Waals surface area contributed by atoms with Crippen molar-refractivity contribution in [1.29, 1.82) is 0 Å². The Morgan fingerprint density at radius 1 is 1.20 bits per heavy atom. The molecule has 0 amide bonds. The van der Waals surface area contributed by atoms with Crippen LogP contribution in [0.15, 0.2) is 34.7 Å². The molecule has 3 rings (SSSR count). The van der Waals surface area contributed by atoms with Crippen LogP contribution in [0.3, 0.4) is 0 Å². The third-order valence-electron chi connectivity index (χ3n) is 4.02. The van der Waals surface area contributed by atoms with E-state index >= 15 is 0 Å². The predicted octanol–water partition coefficient (Wildman–Crippen LogP) is 2.10. The van der Waals surface area contributed by atoms with Gasteiger partial charge >= 0.3 is 0 Å². The van der Waals surface area contributed by atoms with E-state index in [2.05, 4.69) is 16.8 Å². The maximum Gasteiger partial charge on any atom is 0.135 e. The quantitative estimate of drug-likeness (QED) is 0.930. The van der Waals surface area contributed by atoms with Crippen molar-refractivity contribution in [2.75, 3.05) is 39.8 Å². The van der Waals surface area contributed by atoms with Crippen molar-refractivity contribution in [2.24, 2.45) is 0 Å². The van der Waals surface area contributed by atoms with Crippen molar-refractivity contribution in [1.82, 2.24) is 9.80 Å². The Bertz CT molecular complexity index is 533. The molecule has 2 aromatic rings. The lowest BCUT2D eigenvalue weighted by Gasteiger charge is -2.22. The van der Waals surface area contributed by atoms with Crippen LogP contribution >= 0.6 is 0 Å². The van der Waals surface area contributed by atoms with Crippen LogP contribution in [0.25, 0.3) is 11.0 Å². The molecule has 2 heterocycles. The SMILES string of the molecule is CN1CCCN(CC(O)c2cc3ccccc3o2)CC1. The molecule has 0 spiro atoms. The Morgan fingerprint density at radius 2 is 2.05 bits per heavy atom. The number of rotatable bonds is 3. The monoisotopic (exact) mass is 274 g/mol. The Morgan fingerprint density at radius 3 is 2.90 bits per heavy atom. The molecule has 1 aromatic carbocycles. The molecule has 1 unspecified atom stereocenters. The molecule has 1 saturated heterocycles. The largest absolute Gasteiger partial charge is 0.458 e. The number of aliphatic hydroxyl groups excluding tert-OH is 1. The molecule has 0 radical (unpaired) electrons. The number of fused-ring (bicyclic) bond motifs is 1. The zero-order chi connectivity index (χ0) is 13.9. The summed E-state index contributed by atoms with van der Waals surface area (Å²) in [7, 11) is 2.15. The van der Waals surface area contributed by atoms with Gasteiger partial charge in [-0.3, -0.25) is 4.90 Å². The second kappa shape index (κ2) is 5.95. The average Bonchev–Trinajstić information content (AvgIpc) is 2.78.